The van der Waals surface area contributed by atoms with E-state index in [0.717, 1.165) is 17.5 Å². The molecule has 2 rings (SSSR count). The molecule has 68 valence electrons. The van der Waals surface area contributed by atoms with Gasteiger partial charge in [0.25, 0.3) is 0 Å². The van der Waals surface area contributed by atoms with Crippen LogP contribution in [0.4, 0.5) is 0 Å². The van der Waals surface area contributed by atoms with Crippen molar-refractivity contribution in [2.45, 2.75) is 26.2 Å². The van der Waals surface area contributed by atoms with Crippen molar-refractivity contribution in [1.82, 2.24) is 0 Å². The summed E-state index contributed by atoms with van der Waals surface area (Å²) in [5, 5.41) is 0. The molecule has 0 saturated carbocycles. The number of ketones is 1. The molecule has 1 nitrogen and oxygen atoms in total. The zero-order valence-corrected chi connectivity index (χ0v) is 7.84. The Morgan fingerprint density at radius 2 is 2.31 bits per heavy atom. The van der Waals surface area contributed by atoms with E-state index in [1.807, 2.05) is 31.2 Å². The molecule has 1 aliphatic rings. The minimum absolute atomic E-state index is 0.00171. The first-order chi connectivity index (χ1) is 6.67. The molecule has 0 amide bonds. The monoisotopic (exact) mass is 175 g/mol. The minimum Gasteiger partial charge on any atom is -0.294 e. The van der Waals surface area contributed by atoms with Crippen molar-refractivity contribution in [3.8, 4) is 0 Å². The molecule has 0 saturated heterocycles. The van der Waals surface area contributed by atoms with Crippen molar-refractivity contribution >= 4 is 5.78 Å². The normalized spacial score (nSPS) is 28.1. The van der Waals surface area contributed by atoms with Crippen molar-refractivity contribution in [2.75, 3.05) is 0 Å². The Hall–Kier alpha value is -1.11. The summed E-state index contributed by atoms with van der Waals surface area (Å²) in [7, 11) is 0. The minimum atomic E-state index is -0.867. The molecule has 0 heterocycles. The van der Waals surface area contributed by atoms with Crippen LogP contribution in [-0.2, 0) is 6.42 Å². The highest BCUT2D eigenvalue weighted by atomic mass is 16.1. The molecule has 0 aliphatic heterocycles. The molecule has 0 spiro atoms. The van der Waals surface area contributed by atoms with E-state index in [1.54, 1.807) is 0 Å². The number of carbonyl (C=O) groups is 1. The number of carbonyl (C=O) groups excluding carboxylic acids is 1. The molecule has 1 heteroatoms. The highest BCUT2D eigenvalue weighted by Gasteiger charge is 2.24. The molecular weight excluding hydrogens is 160 g/mol. The van der Waals surface area contributed by atoms with E-state index < -0.39 is 5.89 Å². The number of benzene rings is 1. The van der Waals surface area contributed by atoms with E-state index in [1.165, 1.54) is 0 Å². The highest BCUT2D eigenvalue weighted by molar-refractivity contribution is 6.00. The Labute approximate surface area is 80.2 Å². The smallest absolute Gasteiger partial charge is 0.166 e. The second-order valence-electron chi connectivity index (χ2n) is 3.44. The Kier molecular flexibility index (Phi) is 1.87. The van der Waals surface area contributed by atoms with Gasteiger partial charge < -0.3 is 0 Å². The van der Waals surface area contributed by atoms with E-state index in [4.69, 9.17) is 1.37 Å². The molecule has 0 N–H and O–H groups in total. The first kappa shape index (κ1) is 7.31. The fourth-order valence-corrected chi connectivity index (χ4v) is 1.89. The van der Waals surface area contributed by atoms with Gasteiger partial charge in [0.2, 0.25) is 0 Å². The van der Waals surface area contributed by atoms with Crippen LogP contribution < -0.4 is 0 Å². The Morgan fingerprint density at radius 1 is 1.54 bits per heavy atom. The Morgan fingerprint density at radius 3 is 3.08 bits per heavy atom. The second-order valence-corrected chi connectivity index (χ2v) is 3.44. The fraction of sp³-hybridized carbons (Fsp3) is 0.417. The maximum Gasteiger partial charge on any atom is 0.166 e. The maximum absolute atomic E-state index is 12.0. The molecule has 1 atom stereocenters. The molecule has 0 radical (unpaired) electrons. The van der Waals surface area contributed by atoms with Gasteiger partial charge >= 0.3 is 0 Å². The molecular formula is C12H14O. The standard InChI is InChI=1S/C12H14O/c1-2-9-7-8-10-5-3-4-6-11(10)12(9)13/h3-6,9H,2,7-8H2,1H3/i9D. The number of hydrogen-bond donors (Lipinski definition) is 0. The van der Waals surface area contributed by atoms with E-state index >= 15 is 0 Å². The maximum atomic E-state index is 12.0. The summed E-state index contributed by atoms with van der Waals surface area (Å²) in [6.45, 7) is 1.92. The fourth-order valence-electron chi connectivity index (χ4n) is 1.89. The quantitative estimate of drug-likeness (QED) is 0.641. The van der Waals surface area contributed by atoms with Gasteiger partial charge in [0.05, 0.1) is 0 Å². The summed E-state index contributed by atoms with van der Waals surface area (Å²) < 4.78 is 8.06. The van der Waals surface area contributed by atoms with Crippen molar-refractivity contribution in [1.29, 1.82) is 0 Å². The summed E-state index contributed by atoms with van der Waals surface area (Å²) in [6.07, 6.45) is 2.14. The molecule has 1 unspecified atom stereocenters. The van der Waals surface area contributed by atoms with E-state index in [9.17, 15) is 4.79 Å². The zero-order valence-electron chi connectivity index (χ0n) is 8.84. The topological polar surface area (TPSA) is 17.1 Å². The third kappa shape index (κ3) is 1.39. The van der Waals surface area contributed by atoms with Crippen LogP contribution in [-0.4, -0.2) is 5.78 Å². The first-order valence-corrected chi connectivity index (χ1v) is 4.80. The lowest BCUT2D eigenvalue weighted by molar-refractivity contribution is 0.0898. The number of rotatable bonds is 1. The van der Waals surface area contributed by atoms with E-state index in [0.29, 0.717) is 12.8 Å². The molecule has 1 aliphatic carbocycles. The van der Waals surface area contributed by atoms with Crippen LogP contribution in [0.3, 0.4) is 0 Å². The number of fused-ring (bicyclic) bond motifs is 1. The summed E-state index contributed by atoms with van der Waals surface area (Å²) >= 11 is 0. The summed E-state index contributed by atoms with van der Waals surface area (Å²) in [5.74, 6) is -0.865. The molecule has 1 aromatic rings. The van der Waals surface area contributed by atoms with Gasteiger partial charge in [0.15, 0.2) is 5.78 Å². The lowest BCUT2D eigenvalue weighted by Crippen LogP contribution is -2.21. The summed E-state index contributed by atoms with van der Waals surface area (Å²) in [5.41, 5.74) is 1.87. The van der Waals surface area contributed by atoms with Crippen molar-refractivity contribution in [3.63, 3.8) is 0 Å². The Balaban J connectivity index is 2.46. The lowest BCUT2D eigenvalue weighted by Gasteiger charge is -2.21. The van der Waals surface area contributed by atoms with Gasteiger partial charge in [-0.1, -0.05) is 31.2 Å². The van der Waals surface area contributed by atoms with Crippen LogP contribution in [0.25, 0.3) is 0 Å². The van der Waals surface area contributed by atoms with Crippen LogP contribution in [0.5, 0.6) is 0 Å². The second kappa shape index (κ2) is 3.33. The predicted molar refractivity (Wildman–Crippen MR) is 52.9 cm³/mol. The molecule has 0 fully saturated rings. The number of Topliss-reactive ketones (excluding diaryl/α,β-unsaturated/α-hetero) is 1. The Bertz CT molecular complexity index is 372. The average Bonchev–Trinajstić information content (AvgIpc) is 2.24. The average molecular weight is 175 g/mol. The molecule has 1 aromatic carbocycles. The highest BCUT2D eigenvalue weighted by Crippen LogP contribution is 2.26. The van der Waals surface area contributed by atoms with Crippen molar-refractivity contribution in [2.24, 2.45) is 5.89 Å². The number of hydrogen-bond acceptors (Lipinski definition) is 1. The van der Waals surface area contributed by atoms with Crippen LogP contribution >= 0.6 is 0 Å². The van der Waals surface area contributed by atoms with Gasteiger partial charge in [-0.05, 0) is 24.8 Å². The van der Waals surface area contributed by atoms with E-state index in [-0.39, 0.29) is 5.78 Å². The van der Waals surface area contributed by atoms with Gasteiger partial charge in [0.1, 0.15) is 0 Å². The predicted octanol–water partition coefficient (Wildman–Crippen LogP) is 2.84. The largest absolute Gasteiger partial charge is 0.294 e. The van der Waals surface area contributed by atoms with Crippen LogP contribution in [0.2, 0.25) is 0 Å². The van der Waals surface area contributed by atoms with Gasteiger partial charge in [-0.3, -0.25) is 4.79 Å². The first-order valence-electron chi connectivity index (χ1n) is 5.30. The van der Waals surface area contributed by atoms with Gasteiger partial charge in [-0.15, -0.1) is 0 Å². The van der Waals surface area contributed by atoms with Crippen molar-refractivity contribution in [3.05, 3.63) is 35.4 Å². The third-order valence-electron chi connectivity index (χ3n) is 2.71. The van der Waals surface area contributed by atoms with Crippen LogP contribution in [0, 0.1) is 5.89 Å². The van der Waals surface area contributed by atoms with Gasteiger partial charge in [-0.25, -0.2) is 0 Å². The lowest BCUT2D eigenvalue weighted by atomic mass is 9.81. The van der Waals surface area contributed by atoms with Gasteiger partial charge in [-0.2, -0.15) is 0 Å². The van der Waals surface area contributed by atoms with E-state index in [2.05, 4.69) is 0 Å². The molecule has 13 heavy (non-hydrogen) atoms. The third-order valence-corrected chi connectivity index (χ3v) is 2.71. The molecule has 0 aromatic heterocycles. The summed E-state index contributed by atoms with van der Waals surface area (Å²) in [6, 6.07) is 7.66. The zero-order chi connectivity index (χ0) is 10.2. The van der Waals surface area contributed by atoms with Crippen LogP contribution in [0.1, 0.15) is 37.1 Å². The SMILES string of the molecule is [2H]C1(CC)CCc2ccccc2C1=O. The van der Waals surface area contributed by atoms with Gasteiger partial charge in [0, 0.05) is 12.8 Å². The van der Waals surface area contributed by atoms with Crippen molar-refractivity contribution < 1.29 is 6.17 Å². The molecule has 0 bridgehead atoms. The summed E-state index contributed by atoms with van der Waals surface area (Å²) in [4.78, 5) is 12.0. The van der Waals surface area contributed by atoms with Crippen LogP contribution in [0.15, 0.2) is 24.3 Å². The number of aryl methyl sites for hydroxylation is 1.